The van der Waals surface area contributed by atoms with Crippen molar-refractivity contribution < 1.29 is 77.0 Å². The van der Waals surface area contributed by atoms with Gasteiger partial charge in [0.05, 0.1) is 26.4 Å². The van der Waals surface area contributed by atoms with Gasteiger partial charge in [-0.15, -0.1) is 0 Å². The lowest BCUT2D eigenvalue weighted by atomic mass is 9.94. The summed E-state index contributed by atoms with van der Waals surface area (Å²) in [7, 11) is 7.23. The molecule has 4 N–H and O–H groups in total. The molecule has 4 rings (SSSR count). The van der Waals surface area contributed by atoms with E-state index in [4.69, 9.17) is 38.6 Å². The van der Waals surface area contributed by atoms with E-state index in [-0.39, 0.29) is 60.7 Å². The number of nitrogens with zero attached hydrogens (tertiary/aromatic N) is 2. The van der Waals surface area contributed by atoms with E-state index in [0.717, 1.165) is 161 Å². The average Bonchev–Trinajstić information content (AvgIpc) is 0.918. The van der Waals surface area contributed by atoms with Crippen molar-refractivity contribution in [2.75, 3.05) is 81.2 Å². The van der Waals surface area contributed by atoms with Crippen LogP contribution in [-0.4, -0.2) is 173 Å². The number of likely N-dealkylation sites (N-methyl/N-ethyl adjacent to an activating group) is 2. The Balaban J connectivity index is -0.000000551. The average molecular weight is 1470 g/mol. The summed E-state index contributed by atoms with van der Waals surface area (Å²) in [5, 5.41) is 22.8. The number of hydrogen-bond donors (Lipinski definition) is 4. The molecule has 4 aliphatic carbocycles. The summed E-state index contributed by atoms with van der Waals surface area (Å²) in [6.07, 6.45) is 50.7. The zero-order valence-electron chi connectivity index (χ0n) is 66.7. The molecule has 0 spiro atoms. The van der Waals surface area contributed by atoms with Crippen LogP contribution in [0, 0.1) is 0 Å². The van der Waals surface area contributed by atoms with Gasteiger partial charge in [-0.2, -0.15) is 0 Å². The highest BCUT2D eigenvalue weighted by atomic mass is 16.5. The van der Waals surface area contributed by atoms with Gasteiger partial charge in [0.15, 0.2) is 0 Å². The van der Waals surface area contributed by atoms with Crippen molar-refractivity contribution in [3.8, 4) is 0 Å². The molecule has 4 amide bonds. The highest BCUT2D eigenvalue weighted by molar-refractivity contribution is 5.93. The SMILES string of the molecule is C=C(C)C(=O)N(C)C1CCCCC1.C=C(C)C(=O)NC1CCCCC1.C=C(C)C(=O)OCCCCCCCCCOC.C=C(C)C(=O)OCCCCCCO.C=CC(=O)N(C)C1CCCCC1.C=CC(=O)NC1CCCCC1.C=CC(=O)OCCCCCCCOC.C=CC(=O)OCCCCCCO. The van der Waals surface area contributed by atoms with E-state index in [0.29, 0.717) is 72.9 Å². The molecule has 4 fully saturated rings. The summed E-state index contributed by atoms with van der Waals surface area (Å²) >= 11 is 0. The first-order chi connectivity index (χ1) is 49.9. The first-order valence-electron chi connectivity index (χ1n) is 39.0. The summed E-state index contributed by atoms with van der Waals surface area (Å²) in [4.78, 5) is 91.6. The number of carbonyl (C=O) groups is 8. The number of nitrogens with one attached hydrogen (secondary N) is 2. The van der Waals surface area contributed by atoms with Crippen LogP contribution in [0.5, 0.6) is 0 Å². The molecule has 104 heavy (non-hydrogen) atoms. The number of unbranched alkanes of at least 4 members (excludes halogenated alkanes) is 16. The van der Waals surface area contributed by atoms with E-state index in [1.165, 1.54) is 134 Å². The van der Waals surface area contributed by atoms with Crippen molar-refractivity contribution in [2.45, 2.75) is 309 Å². The number of aliphatic hydroxyl groups excluding tert-OH is 2. The fraction of sp³-hybridized carbons (Fsp3) is 0.714. The quantitative estimate of drug-likeness (QED) is 0.0192. The summed E-state index contributed by atoms with van der Waals surface area (Å²) < 4.78 is 29.4. The van der Waals surface area contributed by atoms with Crippen molar-refractivity contribution in [3.63, 3.8) is 0 Å². The molecule has 20 heteroatoms. The van der Waals surface area contributed by atoms with E-state index in [9.17, 15) is 38.4 Å². The monoisotopic (exact) mass is 1470 g/mol. The second-order valence-corrected chi connectivity index (χ2v) is 27.1. The third-order valence-electron chi connectivity index (χ3n) is 17.5. The molecule has 0 aliphatic heterocycles. The van der Waals surface area contributed by atoms with Crippen molar-refractivity contribution in [1.29, 1.82) is 0 Å². The van der Waals surface area contributed by atoms with Gasteiger partial charge in [-0.3, -0.25) is 19.2 Å². The fourth-order valence-electron chi connectivity index (χ4n) is 11.1. The van der Waals surface area contributed by atoms with E-state index >= 15 is 0 Å². The number of methoxy groups -OCH3 is 2. The Morgan fingerprint density at radius 1 is 0.365 bits per heavy atom. The van der Waals surface area contributed by atoms with E-state index < -0.39 is 0 Å². The van der Waals surface area contributed by atoms with Crippen LogP contribution in [0.15, 0.2) is 99.2 Å². The van der Waals surface area contributed by atoms with Crippen LogP contribution in [-0.2, 0) is 66.8 Å². The van der Waals surface area contributed by atoms with E-state index in [2.05, 4.69) is 63.3 Å². The Morgan fingerprint density at radius 3 is 0.952 bits per heavy atom. The molecule has 0 atom stereocenters. The summed E-state index contributed by atoms with van der Waals surface area (Å²) in [5.74, 6) is -1.14. The Kier molecular flexibility index (Phi) is 76.1. The summed E-state index contributed by atoms with van der Waals surface area (Å²) in [6.45, 7) is 38.8. The molecule has 600 valence electrons. The minimum atomic E-state index is -0.364. The number of rotatable bonds is 42. The molecule has 0 bridgehead atoms. The lowest BCUT2D eigenvalue weighted by molar-refractivity contribution is -0.139. The van der Waals surface area contributed by atoms with E-state index in [1.54, 1.807) is 41.9 Å². The number of aliphatic hydroxyl groups is 2. The van der Waals surface area contributed by atoms with Gasteiger partial charge in [0.1, 0.15) is 0 Å². The first-order valence-corrected chi connectivity index (χ1v) is 39.0. The Bertz CT molecular complexity index is 2310. The van der Waals surface area contributed by atoms with Gasteiger partial charge in [0, 0.05) is 113 Å². The van der Waals surface area contributed by atoms with Crippen LogP contribution in [0.3, 0.4) is 0 Å². The van der Waals surface area contributed by atoms with Crippen molar-refractivity contribution in [2.24, 2.45) is 0 Å². The smallest absolute Gasteiger partial charge is 0.333 e. The topological polar surface area (TPSA) is 263 Å². The van der Waals surface area contributed by atoms with E-state index in [1.807, 2.05) is 23.9 Å². The Morgan fingerprint density at radius 2 is 0.663 bits per heavy atom. The molecular formula is C84H148N4O16. The summed E-state index contributed by atoms with van der Waals surface area (Å²) in [5.41, 5.74) is 2.17. The molecule has 0 radical (unpaired) electrons. The minimum absolute atomic E-state index is 0.0156. The number of carbonyl (C=O) groups excluding carboxylic acids is 8. The van der Waals surface area contributed by atoms with Crippen LogP contribution >= 0.6 is 0 Å². The van der Waals surface area contributed by atoms with Crippen LogP contribution in [0.4, 0.5) is 0 Å². The van der Waals surface area contributed by atoms with Gasteiger partial charge in [-0.05, 0) is 155 Å². The molecule has 0 saturated heterocycles. The summed E-state index contributed by atoms with van der Waals surface area (Å²) in [6, 6.07) is 1.74. The van der Waals surface area contributed by atoms with Crippen LogP contribution in [0.2, 0.25) is 0 Å². The predicted octanol–water partition coefficient (Wildman–Crippen LogP) is 16.7. The molecule has 0 aromatic carbocycles. The van der Waals surface area contributed by atoms with Crippen molar-refractivity contribution >= 4 is 47.5 Å². The van der Waals surface area contributed by atoms with Crippen LogP contribution < -0.4 is 10.6 Å². The van der Waals surface area contributed by atoms with Gasteiger partial charge < -0.3 is 59.1 Å². The molecule has 0 aromatic rings. The number of hydrogen-bond acceptors (Lipinski definition) is 16. The second kappa shape index (κ2) is 76.2. The van der Waals surface area contributed by atoms with Gasteiger partial charge in [-0.25, -0.2) is 19.2 Å². The zero-order chi connectivity index (χ0) is 78.8. The van der Waals surface area contributed by atoms with Crippen molar-refractivity contribution in [3.05, 3.63) is 99.2 Å². The minimum Gasteiger partial charge on any atom is -0.463 e. The fourth-order valence-corrected chi connectivity index (χ4v) is 11.1. The Hall–Kier alpha value is -6.48. The van der Waals surface area contributed by atoms with Crippen LogP contribution in [0.25, 0.3) is 0 Å². The van der Waals surface area contributed by atoms with Gasteiger partial charge in [-0.1, -0.05) is 194 Å². The lowest BCUT2D eigenvalue weighted by Gasteiger charge is -2.31. The van der Waals surface area contributed by atoms with Crippen LogP contribution in [0.1, 0.15) is 285 Å². The predicted molar refractivity (Wildman–Crippen MR) is 423 cm³/mol. The maximum absolute atomic E-state index is 11.6. The molecule has 0 unspecified atom stereocenters. The highest BCUT2D eigenvalue weighted by Crippen LogP contribution is 2.24. The Labute approximate surface area is 631 Å². The molecule has 0 aromatic heterocycles. The van der Waals surface area contributed by atoms with Gasteiger partial charge in [0.25, 0.3) is 0 Å². The van der Waals surface area contributed by atoms with Crippen molar-refractivity contribution in [1.82, 2.24) is 20.4 Å². The molecule has 0 heterocycles. The largest absolute Gasteiger partial charge is 0.463 e. The normalized spacial score (nSPS) is 13.9. The van der Waals surface area contributed by atoms with Gasteiger partial charge >= 0.3 is 23.9 Å². The molecular weight excluding hydrogens is 1320 g/mol. The molecule has 4 saturated carbocycles. The second-order valence-electron chi connectivity index (χ2n) is 27.1. The lowest BCUT2D eigenvalue weighted by Crippen LogP contribution is -2.38. The third kappa shape index (κ3) is 68.6. The maximum Gasteiger partial charge on any atom is 0.333 e. The highest BCUT2D eigenvalue weighted by Gasteiger charge is 2.23. The molecule has 20 nitrogen and oxygen atoms in total. The first kappa shape index (κ1) is 104. The number of amides is 4. The number of ether oxygens (including phenoxy) is 6. The standard InChI is InChI=1S/C14H26O3.C11H19NO.C11H20O3.2C10H17NO.C10H18O3.C9H15NO.C9H16O3/c1-13(2)14(15)17-12-10-8-6-4-5-7-9-11-16-3;1-9(2)11(13)12(3)10-7-5-4-6-8-10;1-3-11(12)14-10-8-6-4-5-7-9-13-2;1-8(2)10(12)11-9-6-4-3-5-7-9;1-3-10(12)11(2)9-7-5-4-6-8-9;1-9(2)10(12)13-8-6-4-3-5-7-11;1-2-9(11)10-8-6-4-3-5-7-8;1-2-9(11)12-8-6-4-3-5-7-10/h1,4-12H2,2-3H3;10H,1,4-8H2,2-3H3;3H,1,4-10H2,2H3;9H,1,3-7H2,2H3,(H,11,12);3,9H,1,4-8H2,2H3;11H,1,3-8H2,2H3;2,8H,1,3-7H2,(H,10,11);2,10H,1,3-8H2. The van der Waals surface area contributed by atoms with Gasteiger partial charge in [0.2, 0.25) is 23.6 Å². The number of esters is 4. The molecule has 4 aliphatic rings. The maximum atomic E-state index is 11.6. The zero-order valence-corrected chi connectivity index (χ0v) is 66.7. The third-order valence-corrected chi connectivity index (χ3v) is 17.5.